The number of piperazine rings is 1. The van der Waals surface area contributed by atoms with Crippen LogP contribution in [0.1, 0.15) is 13.8 Å². The van der Waals surface area contributed by atoms with Crippen LogP contribution in [0.15, 0.2) is 12.2 Å². The Hall–Kier alpha value is -1.36. The number of carboxylic acid groups (broad SMARTS) is 1. The summed E-state index contributed by atoms with van der Waals surface area (Å²) in [5, 5.41) is 11.5. The number of nitrogens with one attached hydrogen (secondary N) is 1. The van der Waals surface area contributed by atoms with Gasteiger partial charge < -0.3 is 10.4 Å². The summed E-state index contributed by atoms with van der Waals surface area (Å²) >= 11 is 0. The van der Waals surface area contributed by atoms with E-state index in [2.05, 4.69) is 11.9 Å². The van der Waals surface area contributed by atoms with Crippen molar-refractivity contribution < 1.29 is 14.7 Å². The molecule has 1 saturated heterocycles. The summed E-state index contributed by atoms with van der Waals surface area (Å²) in [4.78, 5) is 24.0. The number of hydrogen-bond acceptors (Lipinski definition) is 3. The third-order valence-corrected chi connectivity index (χ3v) is 2.70. The van der Waals surface area contributed by atoms with Crippen LogP contribution in [0.4, 0.5) is 0 Å². The first kappa shape index (κ1) is 11.7. The van der Waals surface area contributed by atoms with E-state index in [4.69, 9.17) is 5.11 Å². The van der Waals surface area contributed by atoms with Crippen LogP contribution in [0, 0.1) is 0 Å². The lowest BCUT2D eigenvalue weighted by Gasteiger charge is -2.41. The summed E-state index contributed by atoms with van der Waals surface area (Å²) in [7, 11) is 0. The normalized spacial score (nSPS) is 20.8. The van der Waals surface area contributed by atoms with Crippen LogP contribution in [0.3, 0.4) is 0 Å². The molecule has 1 heterocycles. The molecule has 0 radical (unpaired) electrons. The monoisotopic (exact) mass is 212 g/mol. The highest BCUT2D eigenvalue weighted by molar-refractivity contribution is 5.88. The molecule has 5 nitrogen and oxygen atoms in total. The van der Waals surface area contributed by atoms with Gasteiger partial charge in [0.1, 0.15) is 0 Å². The van der Waals surface area contributed by atoms with Gasteiger partial charge in [0.25, 0.3) is 0 Å². The maximum absolute atomic E-state index is 11.5. The van der Waals surface area contributed by atoms with E-state index in [-0.39, 0.29) is 18.0 Å². The van der Waals surface area contributed by atoms with Crippen molar-refractivity contribution in [1.29, 1.82) is 0 Å². The highest BCUT2D eigenvalue weighted by Crippen LogP contribution is 2.18. The fourth-order valence-corrected chi connectivity index (χ4v) is 1.52. The lowest BCUT2D eigenvalue weighted by molar-refractivity contribution is -0.137. The number of aliphatic carboxylic acids is 1. The van der Waals surface area contributed by atoms with Crippen molar-refractivity contribution >= 4 is 11.9 Å². The maximum Gasteiger partial charge on any atom is 0.332 e. The molecule has 1 rings (SSSR count). The Bertz CT molecular complexity index is 310. The fourth-order valence-electron chi connectivity index (χ4n) is 1.52. The minimum Gasteiger partial charge on any atom is -0.478 e. The number of carbonyl (C=O) groups excluding carboxylic acids is 1. The number of nitrogens with zero attached hydrogens (tertiary/aromatic N) is 1. The number of amides is 1. The van der Waals surface area contributed by atoms with Gasteiger partial charge in [-0.25, -0.2) is 4.79 Å². The van der Waals surface area contributed by atoms with Crippen molar-refractivity contribution in [2.75, 3.05) is 19.6 Å². The summed E-state index contributed by atoms with van der Waals surface area (Å²) in [5.74, 6) is -1.09. The molecule has 1 amide bonds. The first-order valence-corrected chi connectivity index (χ1v) is 4.80. The highest BCUT2D eigenvalue weighted by atomic mass is 16.4. The molecule has 0 atom stereocenters. The summed E-state index contributed by atoms with van der Waals surface area (Å²) < 4.78 is 0. The Morgan fingerprint density at radius 2 is 2.27 bits per heavy atom. The summed E-state index contributed by atoms with van der Waals surface area (Å²) in [5.41, 5.74) is -0.561. The molecule has 1 aliphatic rings. The smallest absolute Gasteiger partial charge is 0.332 e. The average molecular weight is 212 g/mol. The van der Waals surface area contributed by atoms with E-state index in [0.29, 0.717) is 13.1 Å². The number of hydrogen-bond donors (Lipinski definition) is 2. The molecule has 0 aromatic rings. The number of rotatable bonds is 3. The van der Waals surface area contributed by atoms with Crippen LogP contribution in [0.25, 0.3) is 0 Å². The average Bonchev–Trinajstić information content (AvgIpc) is 2.13. The van der Waals surface area contributed by atoms with Gasteiger partial charge in [0, 0.05) is 25.2 Å². The first-order chi connectivity index (χ1) is 6.85. The van der Waals surface area contributed by atoms with Gasteiger partial charge in [0.15, 0.2) is 0 Å². The molecule has 5 heteroatoms. The Kier molecular flexibility index (Phi) is 3.14. The fraction of sp³-hybridized carbons (Fsp3) is 0.600. The maximum atomic E-state index is 11.5. The molecule has 0 unspecified atom stereocenters. The van der Waals surface area contributed by atoms with Gasteiger partial charge in [-0.15, -0.1) is 0 Å². The van der Waals surface area contributed by atoms with E-state index in [1.807, 2.05) is 4.90 Å². The zero-order valence-corrected chi connectivity index (χ0v) is 9.04. The third kappa shape index (κ3) is 2.36. The molecular weight excluding hydrogens is 196 g/mol. The van der Waals surface area contributed by atoms with E-state index in [0.717, 1.165) is 0 Å². The van der Waals surface area contributed by atoms with Gasteiger partial charge in [0.05, 0.1) is 5.54 Å². The Balaban J connectivity index is 2.72. The van der Waals surface area contributed by atoms with E-state index in [9.17, 15) is 9.59 Å². The van der Waals surface area contributed by atoms with E-state index < -0.39 is 11.5 Å². The molecule has 0 aliphatic carbocycles. The molecule has 0 bridgehead atoms. The van der Waals surface area contributed by atoms with Crippen molar-refractivity contribution in [1.82, 2.24) is 10.2 Å². The molecule has 0 spiro atoms. The SMILES string of the molecule is C=C(CN1CCNC(=O)C1(C)C)C(=O)O. The standard InChI is InChI=1S/C10H16N2O3/c1-7(8(13)14)6-12-5-4-11-9(15)10(12,2)3/h1,4-6H2,2-3H3,(H,11,15)(H,13,14). The zero-order chi connectivity index (χ0) is 11.6. The minimum absolute atomic E-state index is 0.0769. The van der Waals surface area contributed by atoms with Crippen molar-refractivity contribution in [3.63, 3.8) is 0 Å². The predicted octanol–water partition coefficient (Wildman–Crippen LogP) is -0.162. The second kappa shape index (κ2) is 4.02. The molecule has 84 valence electrons. The summed E-state index contributed by atoms with van der Waals surface area (Å²) in [6.45, 7) is 8.43. The topological polar surface area (TPSA) is 69.6 Å². The summed E-state index contributed by atoms with van der Waals surface area (Å²) in [6.07, 6.45) is 0. The molecule has 0 saturated carbocycles. The van der Waals surface area contributed by atoms with Crippen LogP contribution in [0.2, 0.25) is 0 Å². The minimum atomic E-state index is -1.02. The largest absolute Gasteiger partial charge is 0.478 e. The van der Waals surface area contributed by atoms with Crippen LogP contribution in [0.5, 0.6) is 0 Å². The predicted molar refractivity (Wildman–Crippen MR) is 55.4 cm³/mol. The van der Waals surface area contributed by atoms with E-state index in [1.54, 1.807) is 13.8 Å². The number of carbonyl (C=O) groups is 2. The van der Waals surface area contributed by atoms with Crippen LogP contribution < -0.4 is 5.32 Å². The summed E-state index contributed by atoms with van der Waals surface area (Å²) in [6, 6.07) is 0. The molecule has 2 N–H and O–H groups in total. The van der Waals surface area contributed by atoms with Crippen molar-refractivity contribution in [3.8, 4) is 0 Å². The van der Waals surface area contributed by atoms with Gasteiger partial charge in [0.2, 0.25) is 5.91 Å². The third-order valence-electron chi connectivity index (χ3n) is 2.70. The lowest BCUT2D eigenvalue weighted by Crippen LogP contribution is -2.62. The van der Waals surface area contributed by atoms with Gasteiger partial charge in [-0.1, -0.05) is 6.58 Å². The number of carboxylic acids is 1. The van der Waals surface area contributed by atoms with Crippen molar-refractivity contribution in [2.45, 2.75) is 19.4 Å². The van der Waals surface area contributed by atoms with Gasteiger partial charge >= 0.3 is 5.97 Å². The second-order valence-corrected chi connectivity index (χ2v) is 4.15. The Labute approximate surface area is 88.8 Å². The molecule has 1 aliphatic heterocycles. The second-order valence-electron chi connectivity index (χ2n) is 4.15. The van der Waals surface area contributed by atoms with E-state index in [1.165, 1.54) is 0 Å². The molecule has 0 aromatic heterocycles. The molecule has 1 fully saturated rings. The lowest BCUT2D eigenvalue weighted by atomic mass is 9.98. The molecule has 0 aromatic carbocycles. The van der Waals surface area contributed by atoms with Crippen LogP contribution in [-0.4, -0.2) is 47.1 Å². The quantitative estimate of drug-likeness (QED) is 0.638. The Morgan fingerprint density at radius 1 is 1.67 bits per heavy atom. The molecular formula is C10H16N2O3. The van der Waals surface area contributed by atoms with Crippen molar-refractivity contribution in [3.05, 3.63) is 12.2 Å². The van der Waals surface area contributed by atoms with Gasteiger partial charge in [-0.05, 0) is 13.8 Å². The van der Waals surface area contributed by atoms with Crippen LogP contribution >= 0.6 is 0 Å². The van der Waals surface area contributed by atoms with E-state index >= 15 is 0 Å². The highest BCUT2D eigenvalue weighted by Gasteiger charge is 2.37. The van der Waals surface area contributed by atoms with Gasteiger partial charge in [-0.2, -0.15) is 0 Å². The first-order valence-electron chi connectivity index (χ1n) is 4.80. The Morgan fingerprint density at radius 3 is 2.80 bits per heavy atom. The molecule has 15 heavy (non-hydrogen) atoms. The van der Waals surface area contributed by atoms with Crippen LogP contribution in [-0.2, 0) is 9.59 Å². The van der Waals surface area contributed by atoms with Gasteiger partial charge in [-0.3, -0.25) is 9.69 Å². The van der Waals surface area contributed by atoms with Crippen molar-refractivity contribution in [2.24, 2.45) is 0 Å². The zero-order valence-electron chi connectivity index (χ0n) is 9.04.